The number of halogens is 1. The number of hydrogen-bond acceptors (Lipinski definition) is 7. The smallest absolute Gasteiger partial charge is 0.152 e. The molecule has 0 amide bonds. The maximum atomic E-state index is 15.4. The van der Waals surface area contributed by atoms with E-state index in [2.05, 4.69) is 21.4 Å². The molecule has 4 rings (SSSR count). The summed E-state index contributed by atoms with van der Waals surface area (Å²) < 4.78 is 28.8. The maximum Gasteiger partial charge on any atom is 0.152 e. The normalized spacial score (nSPS) is 39.4. The maximum absolute atomic E-state index is 15.4. The summed E-state index contributed by atoms with van der Waals surface area (Å²) in [5, 5.41) is 13.6. The number of likely N-dealkylation sites (tertiary alicyclic amines) is 1. The fraction of sp³-hybridized carbons (Fsp3) is 1.00. The third-order valence-electron chi connectivity index (χ3n) is 8.10. The fourth-order valence-corrected chi connectivity index (χ4v) is 6.83. The van der Waals surface area contributed by atoms with Crippen LogP contribution in [0, 0.1) is 23.7 Å². The standard InChI is InChI=1S/C22H40FN3O3S/c1-16-17(3-4-18-12-28-15-29-13-20(16)18)5-8-26-9-6-22(23,7-10-26)21(27)24-19-11-25(2)30-14-19/h16-21,24,27H,3-15H2,1-2H3. The molecular formula is C22H40FN3O3S. The van der Waals surface area contributed by atoms with E-state index in [1.54, 1.807) is 11.9 Å². The molecule has 2 N–H and O–H groups in total. The highest BCUT2D eigenvalue weighted by atomic mass is 32.2. The molecule has 4 aliphatic rings. The molecular weight excluding hydrogens is 405 g/mol. The molecule has 6 unspecified atom stereocenters. The van der Waals surface area contributed by atoms with Crippen LogP contribution < -0.4 is 5.32 Å². The van der Waals surface area contributed by atoms with Gasteiger partial charge in [0.05, 0.1) is 13.2 Å². The number of aliphatic hydroxyl groups is 1. The van der Waals surface area contributed by atoms with E-state index in [0.29, 0.717) is 43.3 Å². The van der Waals surface area contributed by atoms with E-state index in [-0.39, 0.29) is 6.04 Å². The Hall–Kier alpha value is 0.0400. The second-order valence-electron chi connectivity index (χ2n) is 10.0. The zero-order valence-electron chi connectivity index (χ0n) is 18.6. The van der Waals surface area contributed by atoms with Crippen LogP contribution in [0.3, 0.4) is 0 Å². The van der Waals surface area contributed by atoms with E-state index in [0.717, 1.165) is 45.1 Å². The van der Waals surface area contributed by atoms with Crippen molar-refractivity contribution >= 4 is 11.9 Å². The van der Waals surface area contributed by atoms with Crippen LogP contribution in [0.4, 0.5) is 4.39 Å². The number of rotatable bonds is 6. The Bertz CT molecular complexity index is 552. The molecule has 3 heterocycles. The highest BCUT2D eigenvalue weighted by Gasteiger charge is 2.43. The van der Waals surface area contributed by atoms with Crippen LogP contribution in [0.1, 0.15) is 39.0 Å². The Morgan fingerprint density at radius 3 is 2.73 bits per heavy atom. The molecule has 1 saturated carbocycles. The number of nitrogens with zero attached hydrogens (tertiary/aromatic N) is 2. The Labute approximate surface area is 185 Å². The van der Waals surface area contributed by atoms with Crippen molar-refractivity contribution in [1.29, 1.82) is 0 Å². The first-order valence-corrected chi connectivity index (χ1v) is 12.7. The van der Waals surface area contributed by atoms with Crippen molar-refractivity contribution in [3.8, 4) is 0 Å². The average molecular weight is 446 g/mol. The van der Waals surface area contributed by atoms with Crippen LogP contribution in [-0.4, -0.2) is 91.2 Å². The summed E-state index contributed by atoms with van der Waals surface area (Å²) in [4.78, 5) is 2.40. The zero-order chi connectivity index (χ0) is 21.1. The third-order valence-corrected chi connectivity index (χ3v) is 9.24. The number of ether oxygens (including phenoxy) is 2. The number of aliphatic hydroxyl groups excluding tert-OH is 1. The van der Waals surface area contributed by atoms with Gasteiger partial charge in [0.25, 0.3) is 0 Å². The van der Waals surface area contributed by atoms with Gasteiger partial charge in [-0.05, 0) is 69.4 Å². The molecule has 0 aromatic rings. The summed E-state index contributed by atoms with van der Waals surface area (Å²) >= 11 is 1.74. The Balaban J connectivity index is 1.20. The van der Waals surface area contributed by atoms with Crippen molar-refractivity contribution in [1.82, 2.24) is 14.5 Å². The predicted octanol–water partition coefficient (Wildman–Crippen LogP) is 2.33. The Morgan fingerprint density at radius 2 is 2.00 bits per heavy atom. The summed E-state index contributed by atoms with van der Waals surface area (Å²) in [7, 11) is 2.03. The first-order chi connectivity index (χ1) is 14.4. The van der Waals surface area contributed by atoms with Crippen molar-refractivity contribution in [2.75, 3.05) is 59.0 Å². The predicted molar refractivity (Wildman–Crippen MR) is 118 cm³/mol. The van der Waals surface area contributed by atoms with Crippen LogP contribution in [0.2, 0.25) is 0 Å². The highest BCUT2D eigenvalue weighted by molar-refractivity contribution is 7.97. The number of nitrogens with one attached hydrogen (secondary N) is 1. The van der Waals surface area contributed by atoms with Gasteiger partial charge in [-0.2, -0.15) is 0 Å². The van der Waals surface area contributed by atoms with Crippen molar-refractivity contribution in [2.45, 2.75) is 57.0 Å². The number of likely N-dealkylation sites (N-methyl/N-ethyl adjacent to an activating group) is 1. The summed E-state index contributed by atoms with van der Waals surface area (Å²) in [6.45, 7) is 7.86. The van der Waals surface area contributed by atoms with Gasteiger partial charge in [-0.25, -0.2) is 4.39 Å². The van der Waals surface area contributed by atoms with Gasteiger partial charge in [-0.3, -0.25) is 9.62 Å². The molecule has 0 bridgehead atoms. The number of fused-ring (bicyclic) bond motifs is 1. The van der Waals surface area contributed by atoms with E-state index in [1.807, 2.05) is 7.05 Å². The van der Waals surface area contributed by atoms with Crippen molar-refractivity contribution in [3.63, 3.8) is 0 Å². The lowest BCUT2D eigenvalue weighted by Crippen LogP contribution is -2.57. The second-order valence-corrected chi connectivity index (χ2v) is 11.2. The molecule has 1 aliphatic carbocycles. The first-order valence-electron chi connectivity index (χ1n) is 11.8. The van der Waals surface area contributed by atoms with Crippen molar-refractivity contribution in [3.05, 3.63) is 0 Å². The third kappa shape index (κ3) is 5.50. The minimum Gasteiger partial charge on any atom is -0.375 e. The number of hydrogen-bond donors (Lipinski definition) is 2. The molecule has 0 aromatic heterocycles. The molecule has 3 saturated heterocycles. The van der Waals surface area contributed by atoms with Gasteiger partial charge >= 0.3 is 0 Å². The van der Waals surface area contributed by atoms with Gasteiger partial charge in [0.2, 0.25) is 0 Å². The first kappa shape index (κ1) is 23.2. The van der Waals surface area contributed by atoms with E-state index in [9.17, 15) is 5.11 Å². The van der Waals surface area contributed by atoms with E-state index < -0.39 is 11.9 Å². The lowest BCUT2D eigenvalue weighted by Gasteiger charge is -2.42. The Kier molecular flexibility index (Phi) is 7.98. The monoisotopic (exact) mass is 445 g/mol. The molecule has 0 radical (unpaired) electrons. The highest BCUT2D eigenvalue weighted by Crippen LogP contribution is 2.42. The average Bonchev–Trinajstić information content (AvgIpc) is 2.99. The van der Waals surface area contributed by atoms with Crippen LogP contribution in [0.15, 0.2) is 0 Å². The van der Waals surface area contributed by atoms with E-state index in [1.165, 1.54) is 19.3 Å². The minimum atomic E-state index is -1.51. The van der Waals surface area contributed by atoms with Crippen LogP contribution >= 0.6 is 11.9 Å². The van der Waals surface area contributed by atoms with Gasteiger partial charge < -0.3 is 19.5 Å². The van der Waals surface area contributed by atoms with Crippen LogP contribution in [0.5, 0.6) is 0 Å². The molecule has 174 valence electrons. The summed E-state index contributed by atoms with van der Waals surface area (Å²) in [5.41, 5.74) is -1.51. The molecule has 6 atom stereocenters. The van der Waals surface area contributed by atoms with Crippen LogP contribution in [0.25, 0.3) is 0 Å². The topological polar surface area (TPSA) is 57.2 Å². The van der Waals surface area contributed by atoms with E-state index >= 15 is 4.39 Å². The lowest BCUT2D eigenvalue weighted by molar-refractivity contribution is -0.0712. The molecule has 8 heteroatoms. The van der Waals surface area contributed by atoms with Gasteiger partial charge in [0.1, 0.15) is 13.0 Å². The van der Waals surface area contributed by atoms with E-state index in [4.69, 9.17) is 9.47 Å². The number of piperidine rings is 1. The summed E-state index contributed by atoms with van der Waals surface area (Å²) in [5.74, 6) is 3.53. The molecule has 0 spiro atoms. The molecule has 0 aromatic carbocycles. The fourth-order valence-electron chi connectivity index (χ4n) is 5.91. The Morgan fingerprint density at radius 1 is 1.23 bits per heavy atom. The van der Waals surface area contributed by atoms with Gasteiger partial charge in [-0.15, -0.1) is 0 Å². The zero-order valence-corrected chi connectivity index (χ0v) is 19.4. The van der Waals surface area contributed by atoms with Gasteiger partial charge in [0, 0.05) is 31.4 Å². The summed E-state index contributed by atoms with van der Waals surface area (Å²) in [6, 6.07) is 0.163. The van der Waals surface area contributed by atoms with Gasteiger partial charge in [0.15, 0.2) is 5.67 Å². The van der Waals surface area contributed by atoms with Crippen molar-refractivity contribution < 1.29 is 19.0 Å². The second kappa shape index (κ2) is 10.3. The number of alkyl halides is 1. The lowest BCUT2D eigenvalue weighted by atomic mass is 9.67. The molecule has 3 aliphatic heterocycles. The largest absolute Gasteiger partial charge is 0.375 e. The van der Waals surface area contributed by atoms with Crippen molar-refractivity contribution in [2.24, 2.45) is 23.7 Å². The van der Waals surface area contributed by atoms with Crippen LogP contribution in [-0.2, 0) is 9.47 Å². The molecule has 4 fully saturated rings. The van der Waals surface area contributed by atoms with Gasteiger partial charge in [-0.1, -0.05) is 18.9 Å². The quantitative estimate of drug-likeness (QED) is 0.481. The SMILES string of the molecule is CC1C(CCN2CCC(F)(C(O)NC3CSN(C)C3)CC2)CCC2COCOCC21. The summed E-state index contributed by atoms with van der Waals surface area (Å²) in [6.07, 6.45) is 3.44. The minimum absolute atomic E-state index is 0.163. The molecule has 6 nitrogen and oxygen atoms in total. The molecule has 30 heavy (non-hydrogen) atoms.